The molecule has 114 valence electrons. The molecule has 1 amide bonds. The molecule has 0 spiro atoms. The highest BCUT2D eigenvalue weighted by molar-refractivity contribution is 5.94. The Balaban J connectivity index is 1.55. The Morgan fingerprint density at radius 3 is 2.50 bits per heavy atom. The quantitative estimate of drug-likeness (QED) is 0.920. The number of carbonyl (C=O) groups is 1. The van der Waals surface area contributed by atoms with Gasteiger partial charge in [0.1, 0.15) is 11.5 Å². The average Bonchev–Trinajstić information content (AvgIpc) is 3.08. The Bertz CT molecular complexity index is 604. The van der Waals surface area contributed by atoms with Crippen molar-refractivity contribution < 1.29 is 14.3 Å². The molecular weight excluding hydrogens is 278 g/mol. The minimum atomic E-state index is -0.0817. The molecule has 1 saturated heterocycles. The summed E-state index contributed by atoms with van der Waals surface area (Å²) in [5, 5.41) is 2.91. The molecule has 2 aromatic carbocycles. The zero-order chi connectivity index (χ0) is 15.2. The smallest absolute Gasteiger partial charge is 0.251 e. The highest BCUT2D eigenvalue weighted by Gasteiger charge is 2.16. The van der Waals surface area contributed by atoms with Gasteiger partial charge in [-0.15, -0.1) is 0 Å². The van der Waals surface area contributed by atoms with Crippen LogP contribution >= 0.6 is 0 Å². The molecular formula is C18H19NO3. The van der Waals surface area contributed by atoms with Crippen molar-refractivity contribution in [1.82, 2.24) is 5.32 Å². The fourth-order valence-corrected chi connectivity index (χ4v) is 2.41. The molecule has 22 heavy (non-hydrogen) atoms. The van der Waals surface area contributed by atoms with Crippen LogP contribution in [0.3, 0.4) is 0 Å². The molecule has 0 saturated carbocycles. The molecule has 1 heterocycles. The largest absolute Gasteiger partial charge is 0.457 e. The van der Waals surface area contributed by atoms with Crippen molar-refractivity contribution >= 4 is 5.91 Å². The first kappa shape index (κ1) is 14.6. The fraction of sp³-hybridized carbons (Fsp3) is 0.278. The standard InChI is InChI=1S/C18H19NO3/c20-18(19-13-17-7-4-12-21-17)14-8-10-16(11-9-14)22-15-5-2-1-3-6-15/h1-3,5-6,8-11,17H,4,7,12-13H2,(H,19,20)/t17-/m0/s1. The number of benzene rings is 2. The average molecular weight is 297 g/mol. The third-order valence-corrected chi connectivity index (χ3v) is 3.61. The van der Waals surface area contributed by atoms with Crippen molar-refractivity contribution in [1.29, 1.82) is 0 Å². The Morgan fingerprint density at radius 2 is 1.82 bits per heavy atom. The minimum absolute atomic E-state index is 0.0817. The van der Waals surface area contributed by atoms with E-state index in [2.05, 4.69) is 5.32 Å². The lowest BCUT2D eigenvalue weighted by atomic mass is 10.2. The molecule has 2 aromatic rings. The van der Waals surface area contributed by atoms with Crippen molar-refractivity contribution in [3.8, 4) is 11.5 Å². The second kappa shape index (κ2) is 7.09. The molecule has 1 aliphatic heterocycles. The van der Waals surface area contributed by atoms with E-state index in [0.29, 0.717) is 17.9 Å². The van der Waals surface area contributed by atoms with Gasteiger partial charge in [-0.2, -0.15) is 0 Å². The SMILES string of the molecule is O=C(NC[C@@H]1CCCO1)c1ccc(Oc2ccccc2)cc1. The monoisotopic (exact) mass is 297 g/mol. The highest BCUT2D eigenvalue weighted by Crippen LogP contribution is 2.21. The van der Waals surface area contributed by atoms with Gasteiger partial charge in [0.15, 0.2) is 0 Å². The lowest BCUT2D eigenvalue weighted by Gasteiger charge is -2.11. The van der Waals surface area contributed by atoms with Gasteiger partial charge < -0.3 is 14.8 Å². The molecule has 4 heteroatoms. The van der Waals surface area contributed by atoms with Gasteiger partial charge in [-0.05, 0) is 49.2 Å². The van der Waals surface area contributed by atoms with Crippen molar-refractivity contribution in [2.45, 2.75) is 18.9 Å². The topological polar surface area (TPSA) is 47.6 Å². The molecule has 0 aromatic heterocycles. The lowest BCUT2D eigenvalue weighted by molar-refractivity contribution is 0.0858. The third-order valence-electron chi connectivity index (χ3n) is 3.61. The highest BCUT2D eigenvalue weighted by atomic mass is 16.5. The van der Waals surface area contributed by atoms with Crippen LogP contribution in [-0.2, 0) is 4.74 Å². The molecule has 0 bridgehead atoms. The number of amides is 1. The molecule has 3 rings (SSSR count). The zero-order valence-corrected chi connectivity index (χ0v) is 12.3. The van der Waals surface area contributed by atoms with Crippen molar-refractivity contribution in [3.63, 3.8) is 0 Å². The molecule has 1 aliphatic rings. The summed E-state index contributed by atoms with van der Waals surface area (Å²) in [7, 11) is 0. The van der Waals surface area contributed by atoms with Gasteiger partial charge >= 0.3 is 0 Å². The summed E-state index contributed by atoms with van der Waals surface area (Å²) in [6, 6.07) is 16.7. The number of carbonyl (C=O) groups excluding carboxylic acids is 1. The van der Waals surface area contributed by atoms with Crippen molar-refractivity contribution in [2.75, 3.05) is 13.2 Å². The maximum atomic E-state index is 12.1. The van der Waals surface area contributed by atoms with E-state index in [1.807, 2.05) is 30.3 Å². The van der Waals surface area contributed by atoms with Crippen LogP contribution in [-0.4, -0.2) is 25.2 Å². The van der Waals surface area contributed by atoms with Gasteiger partial charge in [0.2, 0.25) is 0 Å². The molecule has 0 aliphatic carbocycles. The first-order valence-corrected chi connectivity index (χ1v) is 7.54. The second-order valence-electron chi connectivity index (χ2n) is 5.28. The third kappa shape index (κ3) is 3.86. The maximum Gasteiger partial charge on any atom is 0.251 e. The van der Waals surface area contributed by atoms with E-state index in [9.17, 15) is 4.79 Å². The van der Waals surface area contributed by atoms with Crippen LogP contribution in [0.25, 0.3) is 0 Å². The Kier molecular flexibility index (Phi) is 4.71. The van der Waals surface area contributed by atoms with Gasteiger partial charge in [-0.3, -0.25) is 4.79 Å². The first-order chi connectivity index (χ1) is 10.8. The summed E-state index contributed by atoms with van der Waals surface area (Å²) in [5.74, 6) is 1.40. The minimum Gasteiger partial charge on any atom is -0.457 e. The number of rotatable bonds is 5. The molecule has 1 atom stereocenters. The maximum absolute atomic E-state index is 12.1. The predicted octanol–water partition coefficient (Wildman–Crippen LogP) is 3.39. The van der Waals surface area contributed by atoms with Crippen LogP contribution in [0.5, 0.6) is 11.5 Å². The van der Waals surface area contributed by atoms with E-state index in [0.717, 1.165) is 25.2 Å². The van der Waals surface area contributed by atoms with Gasteiger partial charge in [0.25, 0.3) is 5.91 Å². The molecule has 0 radical (unpaired) electrons. The van der Waals surface area contributed by atoms with Crippen LogP contribution in [0.15, 0.2) is 54.6 Å². The molecule has 4 nitrogen and oxygen atoms in total. The Labute approximate surface area is 130 Å². The zero-order valence-electron chi connectivity index (χ0n) is 12.3. The van der Waals surface area contributed by atoms with Gasteiger partial charge in [-0.1, -0.05) is 18.2 Å². The van der Waals surface area contributed by atoms with Crippen molar-refractivity contribution in [3.05, 3.63) is 60.2 Å². The molecule has 0 unspecified atom stereocenters. The first-order valence-electron chi connectivity index (χ1n) is 7.54. The lowest BCUT2D eigenvalue weighted by Crippen LogP contribution is -2.31. The summed E-state index contributed by atoms with van der Waals surface area (Å²) >= 11 is 0. The normalized spacial score (nSPS) is 17.2. The molecule has 1 fully saturated rings. The van der Waals surface area contributed by atoms with E-state index in [-0.39, 0.29) is 12.0 Å². The van der Waals surface area contributed by atoms with E-state index < -0.39 is 0 Å². The van der Waals surface area contributed by atoms with E-state index >= 15 is 0 Å². The van der Waals surface area contributed by atoms with Gasteiger partial charge in [0, 0.05) is 18.7 Å². The summed E-state index contributed by atoms with van der Waals surface area (Å²) < 4.78 is 11.2. The number of nitrogens with one attached hydrogen (secondary N) is 1. The predicted molar refractivity (Wildman–Crippen MR) is 84.3 cm³/mol. The summed E-state index contributed by atoms with van der Waals surface area (Å²) in [5.41, 5.74) is 0.624. The van der Waals surface area contributed by atoms with E-state index in [1.54, 1.807) is 24.3 Å². The van der Waals surface area contributed by atoms with Gasteiger partial charge in [0.05, 0.1) is 6.10 Å². The van der Waals surface area contributed by atoms with Crippen LogP contribution in [0.1, 0.15) is 23.2 Å². The number of hydrogen-bond donors (Lipinski definition) is 1. The van der Waals surface area contributed by atoms with Crippen molar-refractivity contribution in [2.24, 2.45) is 0 Å². The fourth-order valence-electron chi connectivity index (χ4n) is 2.41. The summed E-state index contributed by atoms with van der Waals surface area (Å²) in [6.45, 7) is 1.37. The number of ether oxygens (including phenoxy) is 2. The van der Waals surface area contributed by atoms with Crippen LogP contribution in [0, 0.1) is 0 Å². The summed E-state index contributed by atoms with van der Waals surface area (Å²) in [6.07, 6.45) is 2.25. The second-order valence-corrected chi connectivity index (χ2v) is 5.28. The number of hydrogen-bond acceptors (Lipinski definition) is 3. The summed E-state index contributed by atoms with van der Waals surface area (Å²) in [4.78, 5) is 12.1. The number of para-hydroxylation sites is 1. The van der Waals surface area contributed by atoms with Crippen LogP contribution in [0.4, 0.5) is 0 Å². The van der Waals surface area contributed by atoms with E-state index in [4.69, 9.17) is 9.47 Å². The van der Waals surface area contributed by atoms with Crippen LogP contribution < -0.4 is 10.1 Å². The van der Waals surface area contributed by atoms with Crippen LogP contribution in [0.2, 0.25) is 0 Å². The van der Waals surface area contributed by atoms with Gasteiger partial charge in [-0.25, -0.2) is 0 Å². The Hall–Kier alpha value is -2.33. The molecule has 1 N–H and O–H groups in total. The Morgan fingerprint density at radius 1 is 1.09 bits per heavy atom. The van der Waals surface area contributed by atoms with E-state index in [1.165, 1.54) is 0 Å².